The second kappa shape index (κ2) is 42.0. The number of aliphatic hydroxyl groups excluding tert-OH is 1. The summed E-state index contributed by atoms with van der Waals surface area (Å²) in [5.74, 6) is -5.20. The Balaban J connectivity index is 3.37. The number of unbranched alkanes of at least 4 members (excludes halogenated alkanes) is 12. The Morgan fingerprint density at radius 1 is 0.481 bits per heavy atom. The Morgan fingerprint density at radius 3 is 1.30 bits per heavy atom. The van der Waals surface area contributed by atoms with Gasteiger partial charge >= 0.3 is 0 Å². The first-order valence-corrected chi connectivity index (χ1v) is 29.5. The van der Waals surface area contributed by atoms with E-state index in [0.29, 0.717) is 32.1 Å². The lowest BCUT2D eigenvalue weighted by Gasteiger charge is -2.31. The van der Waals surface area contributed by atoms with Gasteiger partial charge in [-0.1, -0.05) is 169 Å². The standard InChI is InChI=1S/C58H105N13O8/c1-9-12-13-14-15-16-17-18-19-20-21-22-26-33-48(73)66-46(36-39(4)5)53(76)69-47(37-43-29-24-23-25-30-43)54(77)71-50(41(7)11-3)56(79)68-45(32-28-35-64-58(61)62)52(75)70-49(40(6)10-2)55(78)67-44(31-27-34-63-57(59)60)51(74)65-42(8)38-72/h23-25,29-30,39-42,44-47,49-50,72H,9-22,26-28,31-38H2,1-8H3,(H,65,74)(H,66,73)(H,67,78)(H,68,79)(H,69,76)(H,70,75)(H,71,77)(H4,59,60,63)(H4,61,62,64)/t40-,41-,42-,44+,45+,46+,47+,49+,50+/m1/s1. The second-order valence-electron chi connectivity index (χ2n) is 21.8. The van der Waals surface area contributed by atoms with Crippen LogP contribution in [-0.2, 0) is 40.0 Å². The summed E-state index contributed by atoms with van der Waals surface area (Å²) in [6, 6.07) is 1.74. The summed E-state index contributed by atoms with van der Waals surface area (Å²) in [4.78, 5) is 107. The molecule has 0 aromatic heterocycles. The predicted octanol–water partition coefficient (Wildman–Crippen LogP) is 4.36. The summed E-state index contributed by atoms with van der Waals surface area (Å²) in [6.07, 6.45) is 17.7. The number of hydrogen-bond donors (Lipinski definition) is 12. The number of nitrogens with one attached hydrogen (secondary N) is 7. The van der Waals surface area contributed by atoms with Crippen LogP contribution in [0.1, 0.15) is 196 Å². The summed E-state index contributed by atoms with van der Waals surface area (Å²) < 4.78 is 0. The first-order chi connectivity index (χ1) is 37.7. The Labute approximate surface area is 472 Å². The molecule has 21 heteroatoms. The third-order valence-electron chi connectivity index (χ3n) is 14.2. The van der Waals surface area contributed by atoms with Crippen molar-refractivity contribution in [1.29, 1.82) is 0 Å². The van der Waals surface area contributed by atoms with E-state index in [4.69, 9.17) is 22.9 Å². The van der Waals surface area contributed by atoms with Gasteiger partial charge in [-0.05, 0) is 68.8 Å². The van der Waals surface area contributed by atoms with Crippen molar-refractivity contribution >= 4 is 53.3 Å². The molecule has 16 N–H and O–H groups in total. The van der Waals surface area contributed by atoms with Gasteiger partial charge in [-0.25, -0.2) is 0 Å². The van der Waals surface area contributed by atoms with E-state index in [1.54, 1.807) is 20.8 Å². The molecule has 79 heavy (non-hydrogen) atoms. The summed E-state index contributed by atoms with van der Waals surface area (Å²) in [7, 11) is 0. The average molecular weight is 1110 g/mol. The molecule has 0 aliphatic carbocycles. The average Bonchev–Trinajstić information content (AvgIpc) is 3.41. The van der Waals surface area contributed by atoms with Crippen molar-refractivity contribution in [3.05, 3.63) is 35.9 Å². The lowest BCUT2D eigenvalue weighted by molar-refractivity contribution is -0.136. The number of hydrogen-bond acceptors (Lipinski definition) is 10. The Hall–Kier alpha value is -5.99. The highest BCUT2D eigenvalue weighted by atomic mass is 16.3. The maximum absolute atomic E-state index is 14.6. The van der Waals surface area contributed by atoms with Crippen LogP contribution in [0.2, 0.25) is 0 Å². The number of carbonyl (C=O) groups excluding carboxylic acids is 7. The molecule has 9 atom stereocenters. The Kier molecular flexibility index (Phi) is 37.7. The molecule has 0 fully saturated rings. The van der Waals surface area contributed by atoms with Crippen LogP contribution in [0.5, 0.6) is 0 Å². The minimum atomic E-state index is -1.26. The summed E-state index contributed by atoms with van der Waals surface area (Å²) in [5, 5.41) is 29.4. The largest absolute Gasteiger partial charge is 0.394 e. The molecule has 0 bridgehead atoms. The van der Waals surface area contributed by atoms with E-state index >= 15 is 0 Å². The van der Waals surface area contributed by atoms with Crippen molar-refractivity contribution in [3.8, 4) is 0 Å². The minimum Gasteiger partial charge on any atom is -0.394 e. The zero-order valence-electron chi connectivity index (χ0n) is 49.3. The van der Waals surface area contributed by atoms with Crippen LogP contribution < -0.4 is 60.2 Å². The fourth-order valence-electron chi connectivity index (χ4n) is 8.97. The van der Waals surface area contributed by atoms with E-state index in [0.717, 1.165) is 24.8 Å². The smallest absolute Gasteiger partial charge is 0.243 e. The molecule has 1 rings (SSSR count). The number of nitrogens with two attached hydrogens (primary N) is 4. The third kappa shape index (κ3) is 32.0. The van der Waals surface area contributed by atoms with E-state index < -0.39 is 89.6 Å². The van der Waals surface area contributed by atoms with Crippen LogP contribution >= 0.6 is 0 Å². The number of rotatable bonds is 44. The van der Waals surface area contributed by atoms with E-state index in [2.05, 4.69) is 54.1 Å². The number of amides is 7. The van der Waals surface area contributed by atoms with Gasteiger partial charge in [-0.2, -0.15) is 0 Å². The number of nitrogens with zero attached hydrogens (tertiary/aromatic N) is 2. The topological polar surface area (TPSA) is 353 Å². The number of guanidine groups is 2. The molecule has 1 aromatic rings. The predicted molar refractivity (Wildman–Crippen MR) is 315 cm³/mol. The fraction of sp³-hybridized carbons (Fsp3) is 0.741. The van der Waals surface area contributed by atoms with Crippen molar-refractivity contribution in [3.63, 3.8) is 0 Å². The molecule has 0 saturated carbocycles. The number of carbonyl (C=O) groups is 7. The van der Waals surface area contributed by atoms with Crippen LogP contribution in [-0.4, -0.2) is 120 Å². The summed E-state index contributed by atoms with van der Waals surface area (Å²) in [6.45, 7) is 14.9. The lowest BCUT2D eigenvalue weighted by Crippen LogP contribution is -2.61. The molecule has 1 aromatic carbocycles. The van der Waals surface area contributed by atoms with E-state index in [1.807, 2.05) is 58.0 Å². The molecular formula is C58H105N13O8. The van der Waals surface area contributed by atoms with Gasteiger partial charge in [-0.3, -0.25) is 43.5 Å². The van der Waals surface area contributed by atoms with Crippen molar-refractivity contribution in [2.24, 2.45) is 50.7 Å². The number of benzene rings is 1. The molecule has 0 aliphatic rings. The van der Waals surface area contributed by atoms with Gasteiger partial charge in [0.05, 0.1) is 6.61 Å². The van der Waals surface area contributed by atoms with Crippen molar-refractivity contribution in [2.45, 2.75) is 239 Å². The SMILES string of the molecule is CCCCCCCCCCCCCCCC(=O)N[C@@H](CC(C)C)C(=O)N[C@@H](Cc1ccccc1)C(=O)N[C@H](C(=O)N[C@@H](CCCN=C(N)N)C(=O)N[C@H](C(=O)N[C@@H](CCCN=C(N)N)C(=O)N[C@H](C)CO)[C@H](C)CC)[C@H](C)CC. The zero-order valence-corrected chi connectivity index (χ0v) is 49.3. The molecule has 450 valence electrons. The van der Waals surface area contributed by atoms with E-state index in [-0.39, 0.29) is 75.5 Å². The van der Waals surface area contributed by atoms with Gasteiger partial charge in [0.25, 0.3) is 0 Å². The molecule has 21 nitrogen and oxygen atoms in total. The van der Waals surface area contributed by atoms with Crippen molar-refractivity contribution in [2.75, 3.05) is 19.7 Å². The molecular weight excluding hydrogens is 1010 g/mol. The normalized spacial score (nSPS) is 14.6. The second-order valence-corrected chi connectivity index (χ2v) is 21.8. The minimum absolute atomic E-state index is 0.0221. The van der Waals surface area contributed by atoms with Crippen LogP contribution in [0.4, 0.5) is 0 Å². The molecule has 7 amide bonds. The van der Waals surface area contributed by atoms with Crippen molar-refractivity contribution in [1.82, 2.24) is 37.2 Å². The highest BCUT2D eigenvalue weighted by Gasteiger charge is 2.36. The quantitative estimate of drug-likeness (QED) is 0.0246. The van der Waals surface area contributed by atoms with E-state index in [9.17, 15) is 38.7 Å². The van der Waals surface area contributed by atoms with Gasteiger partial charge in [0.1, 0.15) is 36.3 Å². The summed E-state index contributed by atoms with van der Waals surface area (Å²) >= 11 is 0. The van der Waals surface area contributed by atoms with Crippen LogP contribution in [0, 0.1) is 17.8 Å². The Morgan fingerprint density at radius 2 is 0.886 bits per heavy atom. The fourth-order valence-corrected chi connectivity index (χ4v) is 8.97. The lowest BCUT2D eigenvalue weighted by atomic mass is 9.95. The maximum Gasteiger partial charge on any atom is 0.243 e. The maximum atomic E-state index is 14.6. The molecule has 0 unspecified atom stereocenters. The molecule has 0 spiro atoms. The van der Waals surface area contributed by atoms with Gasteiger partial charge < -0.3 is 65.3 Å². The number of aliphatic imine (C=N–C) groups is 2. The highest BCUT2D eigenvalue weighted by Crippen LogP contribution is 2.17. The number of aliphatic hydroxyl groups is 1. The third-order valence-corrected chi connectivity index (χ3v) is 14.2. The zero-order chi connectivity index (χ0) is 59.1. The van der Waals surface area contributed by atoms with Gasteiger partial charge in [0.15, 0.2) is 11.9 Å². The molecule has 0 saturated heterocycles. The van der Waals surface area contributed by atoms with Crippen LogP contribution in [0.3, 0.4) is 0 Å². The van der Waals surface area contributed by atoms with Gasteiger partial charge in [-0.15, -0.1) is 0 Å². The van der Waals surface area contributed by atoms with Crippen molar-refractivity contribution < 1.29 is 38.7 Å². The molecule has 0 radical (unpaired) electrons. The molecule has 0 aliphatic heterocycles. The molecule has 0 heterocycles. The van der Waals surface area contributed by atoms with Crippen LogP contribution in [0.25, 0.3) is 0 Å². The van der Waals surface area contributed by atoms with E-state index in [1.165, 1.54) is 57.8 Å². The monoisotopic (exact) mass is 1110 g/mol. The van der Waals surface area contributed by atoms with Gasteiger partial charge in [0, 0.05) is 32.0 Å². The van der Waals surface area contributed by atoms with Gasteiger partial charge in [0.2, 0.25) is 41.4 Å². The summed E-state index contributed by atoms with van der Waals surface area (Å²) in [5.41, 5.74) is 22.9. The van der Waals surface area contributed by atoms with Crippen LogP contribution in [0.15, 0.2) is 40.3 Å². The first kappa shape index (κ1) is 71.0. The Bertz CT molecular complexity index is 1980. The highest BCUT2D eigenvalue weighted by molar-refractivity contribution is 5.97. The first-order valence-electron chi connectivity index (χ1n) is 29.5.